The highest BCUT2D eigenvalue weighted by atomic mass is 16.3. The van der Waals surface area contributed by atoms with E-state index in [4.69, 9.17) is 0 Å². The van der Waals surface area contributed by atoms with Crippen LogP contribution in [0.25, 0.3) is 11.1 Å². The number of nitrogens with one attached hydrogen (secondary N) is 1. The van der Waals surface area contributed by atoms with Crippen molar-refractivity contribution in [3.05, 3.63) is 72.1 Å². The van der Waals surface area contributed by atoms with Gasteiger partial charge in [-0.1, -0.05) is 54.6 Å². The molecule has 122 valence electrons. The van der Waals surface area contributed by atoms with E-state index in [0.29, 0.717) is 18.7 Å². The molecule has 1 aliphatic heterocycles. The number of likely N-dealkylation sites (tertiary alicyclic amines) is 1. The van der Waals surface area contributed by atoms with Gasteiger partial charge in [-0.25, -0.2) is 0 Å². The summed E-state index contributed by atoms with van der Waals surface area (Å²) >= 11 is 0. The lowest BCUT2D eigenvalue weighted by atomic mass is 10.00. The van der Waals surface area contributed by atoms with Gasteiger partial charge in [-0.2, -0.15) is 15.4 Å². The minimum absolute atomic E-state index is 0.583. The van der Waals surface area contributed by atoms with Crippen LogP contribution in [0.1, 0.15) is 17.7 Å². The Bertz CT molecular complexity index is 786. The van der Waals surface area contributed by atoms with Gasteiger partial charge in [0.1, 0.15) is 11.3 Å². The van der Waals surface area contributed by atoms with Crippen molar-refractivity contribution in [2.24, 2.45) is 0 Å². The molecule has 2 N–H and O–H groups in total. The summed E-state index contributed by atoms with van der Waals surface area (Å²) in [6.07, 6.45) is 2.29. The van der Waals surface area contributed by atoms with E-state index in [-0.39, 0.29) is 0 Å². The van der Waals surface area contributed by atoms with E-state index in [1.54, 1.807) is 6.20 Å². The van der Waals surface area contributed by atoms with Gasteiger partial charge in [0.2, 0.25) is 0 Å². The van der Waals surface area contributed by atoms with Crippen molar-refractivity contribution < 1.29 is 5.11 Å². The number of aromatic amines is 1. The zero-order valence-electron chi connectivity index (χ0n) is 13.4. The molecule has 1 atom stereocenters. The summed E-state index contributed by atoms with van der Waals surface area (Å²) in [6, 6.07) is 19.0. The van der Waals surface area contributed by atoms with E-state index in [0.717, 1.165) is 13.1 Å². The second-order valence-corrected chi connectivity index (χ2v) is 6.41. The van der Waals surface area contributed by atoms with Gasteiger partial charge < -0.3 is 5.11 Å². The van der Waals surface area contributed by atoms with Gasteiger partial charge in [0.05, 0.1) is 6.20 Å². The largest absolute Gasteiger partial charge is 0.382 e. The molecule has 5 nitrogen and oxygen atoms in total. The van der Waals surface area contributed by atoms with Crippen LogP contribution in [0.3, 0.4) is 0 Å². The fraction of sp³-hybridized carbons (Fsp3) is 0.263. The highest BCUT2D eigenvalue weighted by Gasteiger charge is 2.39. The van der Waals surface area contributed by atoms with Gasteiger partial charge in [0.25, 0.3) is 0 Å². The number of aliphatic hydroxyl groups is 1. The molecular formula is C19H20N4O. The molecule has 0 aliphatic carbocycles. The van der Waals surface area contributed by atoms with Crippen LogP contribution in [0.15, 0.2) is 60.8 Å². The summed E-state index contributed by atoms with van der Waals surface area (Å²) in [5.41, 5.74) is 3.44. The molecular weight excluding hydrogens is 300 g/mol. The molecule has 4 rings (SSSR count). The molecule has 24 heavy (non-hydrogen) atoms. The Balaban J connectivity index is 1.43. The highest BCUT2D eigenvalue weighted by Crippen LogP contribution is 2.31. The zero-order chi connectivity index (χ0) is 16.4. The van der Waals surface area contributed by atoms with Crippen LogP contribution < -0.4 is 0 Å². The predicted octanol–water partition coefficient (Wildman–Crippen LogP) is 2.57. The maximum Gasteiger partial charge on any atom is 0.124 e. The van der Waals surface area contributed by atoms with Gasteiger partial charge in [-0.3, -0.25) is 4.90 Å². The molecule has 1 aliphatic rings. The van der Waals surface area contributed by atoms with Gasteiger partial charge >= 0.3 is 0 Å². The summed E-state index contributed by atoms with van der Waals surface area (Å²) in [6.45, 7) is 2.26. The Kier molecular flexibility index (Phi) is 3.88. The molecule has 0 spiro atoms. The van der Waals surface area contributed by atoms with Gasteiger partial charge in [0, 0.05) is 19.6 Å². The number of hydrogen-bond acceptors (Lipinski definition) is 4. The second-order valence-electron chi connectivity index (χ2n) is 6.41. The lowest BCUT2D eigenvalue weighted by Crippen LogP contribution is -2.31. The molecule has 1 saturated heterocycles. The monoisotopic (exact) mass is 320 g/mol. The molecule has 0 amide bonds. The number of nitrogens with zero attached hydrogens (tertiary/aromatic N) is 3. The molecule has 1 aromatic heterocycles. The van der Waals surface area contributed by atoms with Crippen LogP contribution in [0, 0.1) is 0 Å². The molecule has 0 radical (unpaired) electrons. The topological polar surface area (TPSA) is 65.0 Å². The van der Waals surface area contributed by atoms with Crippen molar-refractivity contribution in [2.75, 3.05) is 13.1 Å². The summed E-state index contributed by atoms with van der Waals surface area (Å²) in [5, 5.41) is 21.2. The third-order valence-corrected chi connectivity index (χ3v) is 4.69. The SMILES string of the molecule is OC1(c2cn[nH]n2)CCN(Cc2ccc(-c3ccccc3)cc2)C1. The van der Waals surface area contributed by atoms with Crippen LogP contribution in [0.2, 0.25) is 0 Å². The van der Waals surface area contributed by atoms with Crippen molar-refractivity contribution in [1.82, 2.24) is 20.3 Å². The maximum atomic E-state index is 10.7. The molecule has 1 fully saturated rings. The van der Waals surface area contributed by atoms with Gasteiger partial charge in [-0.15, -0.1) is 0 Å². The summed E-state index contributed by atoms with van der Waals surface area (Å²) < 4.78 is 0. The Morgan fingerprint density at radius 2 is 1.79 bits per heavy atom. The third kappa shape index (κ3) is 2.96. The average molecular weight is 320 g/mol. The van der Waals surface area contributed by atoms with Crippen molar-refractivity contribution in [3.8, 4) is 11.1 Å². The number of aromatic nitrogens is 3. The number of benzene rings is 2. The Labute approximate surface area is 141 Å². The van der Waals surface area contributed by atoms with Crippen molar-refractivity contribution in [2.45, 2.75) is 18.6 Å². The van der Waals surface area contributed by atoms with E-state index in [1.165, 1.54) is 16.7 Å². The first-order valence-electron chi connectivity index (χ1n) is 8.18. The first-order valence-corrected chi connectivity index (χ1v) is 8.18. The molecule has 1 unspecified atom stereocenters. The molecule has 5 heteroatoms. The molecule has 0 saturated carbocycles. The van der Waals surface area contributed by atoms with Crippen molar-refractivity contribution in [1.29, 1.82) is 0 Å². The van der Waals surface area contributed by atoms with Crippen LogP contribution in [-0.2, 0) is 12.1 Å². The Morgan fingerprint density at radius 1 is 1.04 bits per heavy atom. The summed E-state index contributed by atoms with van der Waals surface area (Å²) in [5.74, 6) is 0. The third-order valence-electron chi connectivity index (χ3n) is 4.69. The van der Waals surface area contributed by atoms with Gasteiger partial charge in [-0.05, 0) is 23.1 Å². The van der Waals surface area contributed by atoms with Crippen LogP contribution in [0.4, 0.5) is 0 Å². The number of H-pyrrole nitrogens is 1. The van der Waals surface area contributed by atoms with E-state index in [2.05, 4.69) is 68.8 Å². The van der Waals surface area contributed by atoms with E-state index in [9.17, 15) is 5.11 Å². The van der Waals surface area contributed by atoms with E-state index < -0.39 is 5.60 Å². The Morgan fingerprint density at radius 3 is 2.50 bits per heavy atom. The second kappa shape index (κ2) is 6.19. The first-order chi connectivity index (χ1) is 11.7. The highest BCUT2D eigenvalue weighted by molar-refractivity contribution is 5.63. The quantitative estimate of drug-likeness (QED) is 0.775. The van der Waals surface area contributed by atoms with Crippen molar-refractivity contribution in [3.63, 3.8) is 0 Å². The molecule has 2 heterocycles. The predicted molar refractivity (Wildman–Crippen MR) is 92.1 cm³/mol. The molecule has 0 bridgehead atoms. The van der Waals surface area contributed by atoms with Crippen molar-refractivity contribution >= 4 is 0 Å². The first kappa shape index (κ1) is 15.1. The fourth-order valence-electron chi connectivity index (χ4n) is 3.33. The standard InChI is InChI=1S/C19H20N4O/c24-19(18-12-20-22-21-18)10-11-23(14-19)13-15-6-8-17(9-7-15)16-4-2-1-3-5-16/h1-9,12,24H,10-11,13-14H2,(H,20,21,22). The minimum atomic E-state index is -0.892. The number of rotatable bonds is 4. The summed E-state index contributed by atoms with van der Waals surface area (Å²) in [4.78, 5) is 2.26. The smallest absolute Gasteiger partial charge is 0.124 e. The average Bonchev–Trinajstić information content (AvgIpc) is 3.28. The van der Waals surface area contributed by atoms with Crippen LogP contribution >= 0.6 is 0 Å². The van der Waals surface area contributed by atoms with E-state index in [1.807, 2.05) is 6.07 Å². The van der Waals surface area contributed by atoms with Gasteiger partial charge in [0.15, 0.2) is 0 Å². The van der Waals surface area contributed by atoms with Crippen LogP contribution in [-0.4, -0.2) is 38.5 Å². The molecule has 2 aromatic carbocycles. The van der Waals surface area contributed by atoms with Crippen LogP contribution in [0.5, 0.6) is 0 Å². The zero-order valence-corrected chi connectivity index (χ0v) is 13.4. The lowest BCUT2D eigenvalue weighted by molar-refractivity contribution is 0.0409. The van der Waals surface area contributed by atoms with E-state index >= 15 is 0 Å². The lowest BCUT2D eigenvalue weighted by Gasteiger charge is -2.21. The Hall–Kier alpha value is -2.50. The number of hydrogen-bond donors (Lipinski definition) is 2. The fourth-order valence-corrected chi connectivity index (χ4v) is 3.33. The summed E-state index contributed by atoms with van der Waals surface area (Å²) in [7, 11) is 0. The number of β-amino-alcohol motifs (C(OH)–C–C–N with tert-alkyl or cyclic N) is 1. The molecule has 3 aromatic rings. The maximum absolute atomic E-state index is 10.7. The minimum Gasteiger partial charge on any atom is -0.382 e. The normalized spacial score (nSPS) is 21.2.